The highest BCUT2D eigenvalue weighted by Crippen LogP contribution is 2.26. The van der Waals surface area contributed by atoms with Crippen LogP contribution in [-0.4, -0.2) is 59.3 Å². The van der Waals surface area contributed by atoms with E-state index in [0.29, 0.717) is 24.1 Å². The maximum Gasteiger partial charge on any atom is 0.313 e. The summed E-state index contributed by atoms with van der Waals surface area (Å²) in [7, 11) is 4.06. The van der Waals surface area contributed by atoms with Gasteiger partial charge in [-0.1, -0.05) is 30.9 Å². The van der Waals surface area contributed by atoms with Crippen LogP contribution in [0, 0.1) is 6.92 Å². The summed E-state index contributed by atoms with van der Waals surface area (Å²) in [6.45, 7) is 8.38. The number of allylic oxidation sites excluding steroid dienone is 3. The third-order valence-corrected chi connectivity index (χ3v) is 5.18. The second kappa shape index (κ2) is 10.0. The van der Waals surface area contributed by atoms with Crippen LogP contribution in [-0.2, 0) is 9.59 Å². The van der Waals surface area contributed by atoms with E-state index in [2.05, 4.69) is 21.8 Å². The number of carbonyl (C=O) groups excluding carboxylic acids is 2. The first kappa shape index (κ1) is 22.4. The second-order valence-corrected chi connectivity index (χ2v) is 7.50. The first-order valence-electron chi connectivity index (χ1n) is 9.73. The zero-order valence-electron chi connectivity index (χ0n) is 17.7. The van der Waals surface area contributed by atoms with Crippen LogP contribution in [0.4, 0.5) is 11.5 Å². The maximum atomic E-state index is 13.0. The van der Waals surface area contributed by atoms with Crippen LogP contribution >= 0.6 is 0 Å². The predicted octanol–water partition coefficient (Wildman–Crippen LogP) is 2.52. The smallest absolute Gasteiger partial charge is 0.313 e. The van der Waals surface area contributed by atoms with Gasteiger partial charge in [-0.05, 0) is 58.0 Å². The molecule has 2 heterocycles. The standard InChI is InChI=1S/C22H31N5O2/c1-6-7-8-9-15(2)19-13-18(26(4)5)10-11-27(19)22(29)21(28)25-17-12-16(3)20(23)24-14-17/h6-9,12,14,18-19H,2,10-11,13H2,1,3-5H3,(H2,23,24)(H,25,28)/b7-6-,9-8-/t18?,19-/m0/s1. The van der Waals surface area contributed by atoms with Gasteiger partial charge in [-0.2, -0.15) is 0 Å². The second-order valence-electron chi connectivity index (χ2n) is 7.50. The number of nitrogen functional groups attached to an aromatic ring is 1. The molecular formula is C22H31N5O2. The van der Waals surface area contributed by atoms with E-state index in [1.165, 1.54) is 6.20 Å². The van der Waals surface area contributed by atoms with E-state index in [4.69, 9.17) is 5.73 Å². The van der Waals surface area contributed by atoms with Gasteiger partial charge in [-0.15, -0.1) is 0 Å². The fourth-order valence-electron chi connectivity index (χ4n) is 3.38. The van der Waals surface area contributed by atoms with Crippen molar-refractivity contribution in [3.63, 3.8) is 0 Å². The van der Waals surface area contributed by atoms with Crippen LogP contribution in [0.25, 0.3) is 0 Å². The molecule has 1 aliphatic rings. The highest BCUT2D eigenvalue weighted by atomic mass is 16.2. The van der Waals surface area contributed by atoms with Gasteiger partial charge >= 0.3 is 11.8 Å². The van der Waals surface area contributed by atoms with Crippen molar-refractivity contribution in [1.82, 2.24) is 14.8 Å². The number of hydrogen-bond donors (Lipinski definition) is 2. The van der Waals surface area contributed by atoms with E-state index >= 15 is 0 Å². The molecule has 2 atom stereocenters. The van der Waals surface area contributed by atoms with Crippen LogP contribution in [0.15, 0.2) is 48.7 Å². The Kier molecular flexibility index (Phi) is 7.73. The molecule has 1 fully saturated rings. The number of nitrogens with one attached hydrogen (secondary N) is 1. The van der Waals surface area contributed by atoms with E-state index < -0.39 is 11.8 Å². The summed E-state index contributed by atoms with van der Waals surface area (Å²) in [5.41, 5.74) is 7.70. The monoisotopic (exact) mass is 397 g/mol. The SMILES string of the molecule is C=C(/C=C\C=C/C)[C@@H]1CC(N(C)C)CCN1C(=O)C(=O)Nc1cnc(N)c(C)c1. The van der Waals surface area contributed by atoms with Gasteiger partial charge in [0.25, 0.3) is 0 Å². The number of anilines is 2. The van der Waals surface area contributed by atoms with Crippen LogP contribution < -0.4 is 11.1 Å². The number of likely N-dealkylation sites (tertiary alicyclic amines) is 1. The van der Waals surface area contributed by atoms with Crippen molar-refractivity contribution in [2.45, 2.75) is 38.8 Å². The zero-order chi connectivity index (χ0) is 21.6. The summed E-state index contributed by atoms with van der Waals surface area (Å²) in [6.07, 6.45) is 10.6. The largest absolute Gasteiger partial charge is 0.383 e. The fraction of sp³-hybridized carbons (Fsp3) is 0.409. The van der Waals surface area contributed by atoms with Crippen molar-refractivity contribution in [1.29, 1.82) is 0 Å². The third kappa shape index (κ3) is 5.77. The van der Waals surface area contributed by atoms with Crippen LogP contribution in [0.3, 0.4) is 0 Å². The number of hydrogen-bond acceptors (Lipinski definition) is 5. The Labute approximate surface area is 173 Å². The lowest BCUT2D eigenvalue weighted by molar-refractivity contribution is -0.145. The van der Waals surface area contributed by atoms with E-state index in [0.717, 1.165) is 24.0 Å². The molecule has 0 saturated carbocycles. The number of aryl methyl sites for hydroxylation is 1. The van der Waals surface area contributed by atoms with Crippen molar-refractivity contribution >= 4 is 23.3 Å². The van der Waals surface area contributed by atoms with E-state index in [9.17, 15) is 9.59 Å². The zero-order valence-corrected chi connectivity index (χ0v) is 17.7. The van der Waals surface area contributed by atoms with Gasteiger partial charge in [-0.3, -0.25) is 9.59 Å². The van der Waals surface area contributed by atoms with Gasteiger partial charge < -0.3 is 20.9 Å². The van der Waals surface area contributed by atoms with Gasteiger partial charge in [0.15, 0.2) is 0 Å². The van der Waals surface area contributed by atoms with Gasteiger partial charge in [0.2, 0.25) is 0 Å². The number of aromatic nitrogens is 1. The minimum Gasteiger partial charge on any atom is -0.383 e. The topological polar surface area (TPSA) is 91.6 Å². The quantitative estimate of drug-likeness (QED) is 0.588. The number of amides is 2. The summed E-state index contributed by atoms with van der Waals surface area (Å²) in [5.74, 6) is -0.860. The van der Waals surface area contributed by atoms with Gasteiger partial charge in [0.1, 0.15) is 5.82 Å². The summed E-state index contributed by atoms with van der Waals surface area (Å²) < 4.78 is 0. The summed E-state index contributed by atoms with van der Waals surface area (Å²) in [6, 6.07) is 1.78. The molecule has 0 radical (unpaired) electrons. The number of nitrogens with zero attached hydrogens (tertiary/aromatic N) is 3. The number of nitrogens with two attached hydrogens (primary N) is 1. The average molecular weight is 398 g/mol. The molecule has 156 valence electrons. The molecule has 0 bridgehead atoms. The number of carbonyl (C=O) groups is 2. The Balaban J connectivity index is 2.18. The molecule has 0 aromatic carbocycles. The Bertz CT molecular complexity index is 828. The van der Waals surface area contributed by atoms with Crippen molar-refractivity contribution in [3.8, 4) is 0 Å². The number of pyridine rings is 1. The minimum atomic E-state index is -0.686. The third-order valence-electron chi connectivity index (χ3n) is 5.18. The van der Waals surface area contributed by atoms with Gasteiger partial charge in [0, 0.05) is 12.6 Å². The number of piperidine rings is 1. The molecule has 1 aromatic rings. The highest BCUT2D eigenvalue weighted by molar-refractivity contribution is 6.39. The molecule has 1 saturated heterocycles. The molecule has 0 spiro atoms. The Morgan fingerprint density at radius 3 is 2.72 bits per heavy atom. The van der Waals surface area contributed by atoms with Crippen LogP contribution in [0.2, 0.25) is 0 Å². The molecule has 1 aliphatic heterocycles. The van der Waals surface area contributed by atoms with Crippen molar-refractivity contribution in [3.05, 3.63) is 54.3 Å². The highest BCUT2D eigenvalue weighted by Gasteiger charge is 2.36. The maximum absolute atomic E-state index is 13.0. The van der Waals surface area contributed by atoms with Crippen molar-refractivity contribution in [2.75, 3.05) is 31.7 Å². The lowest BCUT2D eigenvalue weighted by atomic mass is 9.91. The minimum absolute atomic E-state index is 0.234. The molecule has 2 amide bonds. The predicted molar refractivity (Wildman–Crippen MR) is 117 cm³/mol. The van der Waals surface area contributed by atoms with Gasteiger partial charge in [-0.25, -0.2) is 4.98 Å². The Hall–Kier alpha value is -2.93. The summed E-state index contributed by atoms with van der Waals surface area (Å²) in [4.78, 5) is 33.4. The normalized spacial score (nSPS) is 19.8. The molecule has 2 rings (SSSR count). The number of rotatable bonds is 5. The molecule has 7 heteroatoms. The molecule has 29 heavy (non-hydrogen) atoms. The average Bonchev–Trinajstić information content (AvgIpc) is 2.69. The van der Waals surface area contributed by atoms with Crippen LogP contribution in [0.1, 0.15) is 25.3 Å². The van der Waals surface area contributed by atoms with E-state index in [1.54, 1.807) is 17.9 Å². The fourth-order valence-corrected chi connectivity index (χ4v) is 3.38. The van der Waals surface area contributed by atoms with Crippen molar-refractivity contribution < 1.29 is 9.59 Å². The molecule has 1 unspecified atom stereocenters. The summed E-state index contributed by atoms with van der Waals surface area (Å²) in [5, 5.41) is 2.64. The van der Waals surface area contributed by atoms with Crippen LogP contribution in [0.5, 0.6) is 0 Å². The Morgan fingerprint density at radius 1 is 1.38 bits per heavy atom. The van der Waals surface area contributed by atoms with Crippen molar-refractivity contribution in [2.24, 2.45) is 0 Å². The first-order chi connectivity index (χ1) is 13.7. The van der Waals surface area contributed by atoms with E-state index in [-0.39, 0.29) is 6.04 Å². The van der Waals surface area contributed by atoms with Gasteiger partial charge in [0.05, 0.1) is 17.9 Å². The lowest BCUT2D eigenvalue weighted by Crippen LogP contribution is -2.53. The molecule has 7 nitrogen and oxygen atoms in total. The van der Waals surface area contributed by atoms with E-state index in [1.807, 2.05) is 45.3 Å². The molecular weight excluding hydrogens is 366 g/mol. The molecule has 3 N–H and O–H groups in total. The molecule has 0 aliphatic carbocycles. The Morgan fingerprint density at radius 2 is 2.10 bits per heavy atom. The lowest BCUT2D eigenvalue weighted by Gasteiger charge is -2.41. The summed E-state index contributed by atoms with van der Waals surface area (Å²) >= 11 is 0. The molecule has 1 aromatic heterocycles. The first-order valence-corrected chi connectivity index (χ1v) is 9.73.